The van der Waals surface area contributed by atoms with Crippen molar-refractivity contribution in [3.05, 3.63) is 53.9 Å². The fraction of sp³-hybridized carbons (Fsp3) is 0.214. The third kappa shape index (κ3) is 4.06. The molecule has 0 saturated heterocycles. The normalized spacial score (nSPS) is 11.4. The highest BCUT2D eigenvalue weighted by molar-refractivity contribution is 7.98. The number of nitrogens with zero attached hydrogens (tertiary/aromatic N) is 3. The maximum absolute atomic E-state index is 4.79. The number of rotatable bonds is 5. The lowest BCUT2D eigenvalue weighted by Gasteiger charge is -2.04. The zero-order valence-corrected chi connectivity index (χ0v) is 11.7. The highest BCUT2D eigenvalue weighted by atomic mass is 32.2. The summed E-state index contributed by atoms with van der Waals surface area (Å²) in [6.45, 7) is 1.93. The van der Waals surface area contributed by atoms with E-state index in [0.717, 1.165) is 22.2 Å². The Labute approximate surface area is 116 Å². The molecule has 4 nitrogen and oxygen atoms in total. The number of thioether (sulfide) groups is 1. The van der Waals surface area contributed by atoms with Crippen LogP contribution in [0.15, 0.2) is 53.0 Å². The van der Waals surface area contributed by atoms with E-state index < -0.39 is 0 Å². The standard InChI is InChI=1S/C14H15N3OS/c1-11(17-18-2)13-6-3-5-12(9-13)10-19-14-15-7-4-8-16-14/h3-9H,10H2,1-2H3/b17-11+. The fourth-order valence-corrected chi connectivity index (χ4v) is 2.33. The first-order valence-corrected chi connectivity index (χ1v) is 6.85. The molecule has 0 unspecified atom stereocenters. The molecule has 1 aromatic heterocycles. The molecule has 98 valence electrons. The largest absolute Gasteiger partial charge is 0.399 e. The van der Waals surface area contributed by atoms with Gasteiger partial charge in [-0.15, -0.1) is 0 Å². The van der Waals surface area contributed by atoms with Gasteiger partial charge in [0.1, 0.15) is 7.11 Å². The molecule has 0 aliphatic rings. The number of hydrogen-bond donors (Lipinski definition) is 0. The van der Waals surface area contributed by atoms with Crippen molar-refractivity contribution in [1.82, 2.24) is 9.97 Å². The van der Waals surface area contributed by atoms with Gasteiger partial charge in [-0.2, -0.15) is 0 Å². The quantitative estimate of drug-likeness (QED) is 0.363. The van der Waals surface area contributed by atoms with Crippen molar-refractivity contribution in [1.29, 1.82) is 0 Å². The predicted octanol–water partition coefficient (Wildman–Crippen LogP) is 3.14. The second kappa shape index (κ2) is 6.89. The molecule has 0 N–H and O–H groups in total. The van der Waals surface area contributed by atoms with Crippen molar-refractivity contribution in [2.24, 2.45) is 5.16 Å². The van der Waals surface area contributed by atoms with E-state index in [1.54, 1.807) is 31.3 Å². The van der Waals surface area contributed by atoms with E-state index in [9.17, 15) is 0 Å². The number of benzene rings is 1. The minimum atomic E-state index is 0.787. The second-order valence-electron chi connectivity index (χ2n) is 3.88. The van der Waals surface area contributed by atoms with Gasteiger partial charge < -0.3 is 4.84 Å². The van der Waals surface area contributed by atoms with Gasteiger partial charge in [-0.1, -0.05) is 35.1 Å². The van der Waals surface area contributed by atoms with Crippen LogP contribution < -0.4 is 0 Å². The van der Waals surface area contributed by atoms with Crippen molar-refractivity contribution >= 4 is 17.5 Å². The molecule has 0 aliphatic carbocycles. The molecule has 0 radical (unpaired) electrons. The lowest BCUT2D eigenvalue weighted by Crippen LogP contribution is -1.96. The van der Waals surface area contributed by atoms with Gasteiger partial charge >= 0.3 is 0 Å². The predicted molar refractivity (Wildman–Crippen MR) is 77.3 cm³/mol. The first-order chi connectivity index (χ1) is 9.29. The molecule has 5 heteroatoms. The Morgan fingerprint density at radius 2 is 2.05 bits per heavy atom. The van der Waals surface area contributed by atoms with Gasteiger partial charge in [0.25, 0.3) is 0 Å². The summed E-state index contributed by atoms with van der Waals surface area (Å²) in [4.78, 5) is 13.2. The van der Waals surface area contributed by atoms with Crippen LogP contribution in [0.3, 0.4) is 0 Å². The Morgan fingerprint density at radius 1 is 1.26 bits per heavy atom. The summed E-state index contributed by atoms with van der Waals surface area (Å²) >= 11 is 1.61. The number of oxime groups is 1. The van der Waals surface area contributed by atoms with Crippen LogP contribution in [0, 0.1) is 0 Å². The smallest absolute Gasteiger partial charge is 0.187 e. The maximum atomic E-state index is 4.79. The summed E-state index contributed by atoms with van der Waals surface area (Å²) in [6, 6.07) is 10.0. The van der Waals surface area contributed by atoms with Crippen LogP contribution in [0.2, 0.25) is 0 Å². The van der Waals surface area contributed by atoms with E-state index in [4.69, 9.17) is 4.84 Å². The summed E-state index contributed by atoms with van der Waals surface area (Å²) in [5, 5.41) is 4.73. The molecule has 1 aromatic carbocycles. The topological polar surface area (TPSA) is 47.4 Å². The Kier molecular flexibility index (Phi) is 4.92. The van der Waals surface area contributed by atoms with Gasteiger partial charge in [0.2, 0.25) is 0 Å². The highest BCUT2D eigenvalue weighted by Crippen LogP contribution is 2.19. The maximum Gasteiger partial charge on any atom is 0.187 e. The highest BCUT2D eigenvalue weighted by Gasteiger charge is 2.02. The molecule has 0 spiro atoms. The Balaban J connectivity index is 2.05. The minimum absolute atomic E-state index is 0.787. The monoisotopic (exact) mass is 273 g/mol. The summed E-state index contributed by atoms with van der Waals surface area (Å²) in [5.74, 6) is 0.831. The van der Waals surface area contributed by atoms with Crippen LogP contribution >= 0.6 is 11.8 Å². The van der Waals surface area contributed by atoms with Crippen LogP contribution in [-0.2, 0) is 10.6 Å². The van der Waals surface area contributed by atoms with Gasteiger partial charge in [0, 0.05) is 18.1 Å². The van der Waals surface area contributed by atoms with Gasteiger partial charge in [-0.3, -0.25) is 0 Å². The molecular formula is C14H15N3OS. The molecule has 0 atom stereocenters. The summed E-state index contributed by atoms with van der Waals surface area (Å²) in [6.07, 6.45) is 3.50. The molecule has 19 heavy (non-hydrogen) atoms. The fourth-order valence-electron chi connectivity index (χ4n) is 1.58. The Bertz CT molecular complexity index is 558. The van der Waals surface area contributed by atoms with E-state index in [1.165, 1.54) is 5.56 Å². The first-order valence-electron chi connectivity index (χ1n) is 5.86. The molecule has 0 bridgehead atoms. The zero-order valence-electron chi connectivity index (χ0n) is 10.9. The summed E-state index contributed by atoms with van der Waals surface area (Å²) < 4.78 is 0. The van der Waals surface area contributed by atoms with Crippen LogP contribution in [0.5, 0.6) is 0 Å². The number of aromatic nitrogens is 2. The van der Waals surface area contributed by atoms with Crippen LogP contribution in [0.25, 0.3) is 0 Å². The zero-order chi connectivity index (χ0) is 13.5. The van der Waals surface area contributed by atoms with Crippen molar-refractivity contribution in [3.8, 4) is 0 Å². The average Bonchev–Trinajstić information content (AvgIpc) is 2.47. The summed E-state index contributed by atoms with van der Waals surface area (Å²) in [7, 11) is 1.55. The third-order valence-corrected chi connectivity index (χ3v) is 3.43. The van der Waals surface area contributed by atoms with E-state index in [-0.39, 0.29) is 0 Å². The van der Waals surface area contributed by atoms with Crippen LogP contribution in [0.1, 0.15) is 18.1 Å². The van der Waals surface area contributed by atoms with Crippen molar-refractivity contribution < 1.29 is 4.84 Å². The molecule has 0 aliphatic heterocycles. The molecule has 2 rings (SSSR count). The van der Waals surface area contributed by atoms with E-state index in [1.807, 2.05) is 25.1 Å². The molecular weight excluding hydrogens is 258 g/mol. The Morgan fingerprint density at radius 3 is 2.79 bits per heavy atom. The average molecular weight is 273 g/mol. The molecule has 0 fully saturated rings. The third-order valence-electron chi connectivity index (χ3n) is 2.48. The molecule has 0 saturated carbocycles. The first kappa shape index (κ1) is 13.5. The number of hydrogen-bond acceptors (Lipinski definition) is 5. The van der Waals surface area contributed by atoms with Crippen molar-refractivity contribution in [2.45, 2.75) is 17.8 Å². The van der Waals surface area contributed by atoms with Gasteiger partial charge in [0.15, 0.2) is 5.16 Å². The minimum Gasteiger partial charge on any atom is -0.399 e. The van der Waals surface area contributed by atoms with Crippen molar-refractivity contribution in [3.63, 3.8) is 0 Å². The van der Waals surface area contributed by atoms with Crippen molar-refractivity contribution in [2.75, 3.05) is 7.11 Å². The summed E-state index contributed by atoms with van der Waals surface area (Å²) in [5.41, 5.74) is 3.14. The lowest BCUT2D eigenvalue weighted by molar-refractivity contribution is 0.213. The van der Waals surface area contributed by atoms with Crippen LogP contribution in [0.4, 0.5) is 0 Å². The van der Waals surface area contributed by atoms with E-state index >= 15 is 0 Å². The van der Waals surface area contributed by atoms with Gasteiger partial charge in [-0.05, 0) is 30.2 Å². The SMILES string of the molecule is CO/N=C(\C)c1cccc(CSc2ncccn2)c1. The Hall–Kier alpha value is -1.88. The van der Waals surface area contributed by atoms with Crippen LogP contribution in [-0.4, -0.2) is 22.8 Å². The van der Waals surface area contributed by atoms with Gasteiger partial charge in [-0.25, -0.2) is 9.97 Å². The molecule has 1 heterocycles. The van der Waals surface area contributed by atoms with E-state index in [2.05, 4.69) is 27.3 Å². The van der Waals surface area contributed by atoms with Gasteiger partial charge in [0.05, 0.1) is 5.71 Å². The molecule has 2 aromatic rings. The lowest BCUT2D eigenvalue weighted by atomic mass is 10.1. The second-order valence-corrected chi connectivity index (χ2v) is 4.82. The van der Waals surface area contributed by atoms with E-state index in [0.29, 0.717) is 0 Å². The molecule has 0 amide bonds.